The van der Waals surface area contributed by atoms with Crippen LogP contribution in [0.4, 0.5) is 0 Å². The number of hydrogen-bond donors (Lipinski definition) is 2. The van der Waals surface area contributed by atoms with E-state index in [-0.39, 0.29) is 22.9 Å². The number of carboxylic acid groups (broad SMARTS) is 1. The minimum atomic E-state index is -0.616. The van der Waals surface area contributed by atoms with E-state index in [0.29, 0.717) is 11.8 Å². The molecule has 4 rings (SSSR count). The first-order valence-electron chi connectivity index (χ1n) is 9.36. The first-order valence-corrected chi connectivity index (χ1v) is 9.36. The van der Waals surface area contributed by atoms with E-state index in [0.717, 1.165) is 56.9 Å². The third kappa shape index (κ3) is 1.72. The van der Waals surface area contributed by atoms with Crippen molar-refractivity contribution < 1.29 is 15.0 Å². The van der Waals surface area contributed by atoms with Gasteiger partial charge in [0, 0.05) is 5.41 Å². The highest BCUT2D eigenvalue weighted by Crippen LogP contribution is 2.72. The molecule has 3 nitrogen and oxygen atoms in total. The number of carbonyl (C=O) groups is 1. The van der Waals surface area contributed by atoms with Crippen LogP contribution in [0.25, 0.3) is 0 Å². The fraction of sp³-hybridized carbons (Fsp3) is 0.850. The minimum Gasteiger partial charge on any atom is -0.481 e. The van der Waals surface area contributed by atoms with Crippen LogP contribution in [-0.4, -0.2) is 22.3 Å². The van der Waals surface area contributed by atoms with Gasteiger partial charge in [0.2, 0.25) is 0 Å². The van der Waals surface area contributed by atoms with E-state index in [1.165, 1.54) is 0 Å². The zero-order chi connectivity index (χ0) is 16.6. The van der Waals surface area contributed by atoms with Crippen LogP contribution in [-0.2, 0) is 4.79 Å². The van der Waals surface area contributed by atoms with Crippen LogP contribution in [0, 0.1) is 34.0 Å². The van der Waals surface area contributed by atoms with Crippen LogP contribution in [0.1, 0.15) is 65.2 Å². The number of rotatable bonds is 1. The predicted octanol–water partition coefficient (Wildman–Crippen LogP) is 4.01. The van der Waals surface area contributed by atoms with Gasteiger partial charge in [-0.3, -0.25) is 4.79 Å². The van der Waals surface area contributed by atoms with Gasteiger partial charge >= 0.3 is 5.97 Å². The van der Waals surface area contributed by atoms with Gasteiger partial charge in [-0.1, -0.05) is 19.9 Å². The Hall–Kier alpha value is -0.830. The predicted molar refractivity (Wildman–Crippen MR) is 88.8 cm³/mol. The zero-order valence-corrected chi connectivity index (χ0v) is 14.5. The quantitative estimate of drug-likeness (QED) is 0.718. The average molecular weight is 318 g/mol. The van der Waals surface area contributed by atoms with Crippen LogP contribution in [0.15, 0.2) is 12.2 Å². The Labute approximate surface area is 139 Å². The summed E-state index contributed by atoms with van der Waals surface area (Å²) in [5, 5.41) is 20.9. The second-order valence-electron chi connectivity index (χ2n) is 9.41. The summed E-state index contributed by atoms with van der Waals surface area (Å²) in [6.45, 7) is 8.53. The monoisotopic (exact) mass is 318 g/mol. The minimum absolute atomic E-state index is 0.0119. The van der Waals surface area contributed by atoms with Crippen LogP contribution >= 0.6 is 0 Å². The molecule has 0 radical (unpaired) electrons. The number of hydrogen-bond acceptors (Lipinski definition) is 2. The van der Waals surface area contributed by atoms with Gasteiger partial charge in [0.15, 0.2) is 0 Å². The molecule has 3 heteroatoms. The maximum absolute atomic E-state index is 12.0. The molecule has 4 aliphatic carbocycles. The summed E-state index contributed by atoms with van der Waals surface area (Å²) in [5.74, 6) is 0.581. The lowest BCUT2D eigenvalue weighted by molar-refractivity contribution is -0.190. The fourth-order valence-electron chi connectivity index (χ4n) is 7.62. The third-order valence-electron chi connectivity index (χ3n) is 8.70. The van der Waals surface area contributed by atoms with Gasteiger partial charge in [-0.15, -0.1) is 0 Å². The van der Waals surface area contributed by atoms with Crippen molar-refractivity contribution in [3.8, 4) is 0 Å². The largest absolute Gasteiger partial charge is 0.481 e. The van der Waals surface area contributed by atoms with Crippen LogP contribution in [0.2, 0.25) is 0 Å². The number of aliphatic hydroxyl groups excluding tert-OH is 1. The van der Waals surface area contributed by atoms with Gasteiger partial charge in [0.05, 0.1) is 11.5 Å². The fourth-order valence-corrected chi connectivity index (χ4v) is 7.62. The average Bonchev–Trinajstić information content (AvgIpc) is 2.68. The molecular formula is C20H30O3. The Bertz CT molecular complexity index is 569. The first-order chi connectivity index (χ1) is 10.8. The Morgan fingerprint density at radius 1 is 1.13 bits per heavy atom. The van der Waals surface area contributed by atoms with Crippen LogP contribution < -0.4 is 0 Å². The van der Waals surface area contributed by atoms with Crippen LogP contribution in [0.5, 0.6) is 0 Å². The Balaban J connectivity index is 1.78. The van der Waals surface area contributed by atoms with E-state index in [2.05, 4.69) is 13.5 Å². The second kappa shape index (κ2) is 4.62. The van der Waals surface area contributed by atoms with Gasteiger partial charge in [0.1, 0.15) is 0 Å². The van der Waals surface area contributed by atoms with E-state index < -0.39 is 11.4 Å². The van der Waals surface area contributed by atoms with Crippen molar-refractivity contribution in [1.29, 1.82) is 0 Å². The van der Waals surface area contributed by atoms with Crippen molar-refractivity contribution in [2.45, 2.75) is 71.3 Å². The molecule has 0 heterocycles. The smallest absolute Gasteiger partial charge is 0.309 e. The molecule has 1 spiro atoms. The number of aliphatic hydroxyl groups is 1. The highest BCUT2D eigenvalue weighted by atomic mass is 16.4. The molecule has 128 valence electrons. The molecule has 4 aliphatic rings. The molecule has 0 unspecified atom stereocenters. The Kier molecular flexibility index (Phi) is 3.15. The lowest BCUT2D eigenvalue weighted by Crippen LogP contribution is -2.60. The molecule has 0 saturated heterocycles. The second-order valence-corrected chi connectivity index (χ2v) is 9.41. The lowest BCUT2D eigenvalue weighted by Gasteiger charge is -2.63. The van der Waals surface area contributed by atoms with Gasteiger partial charge < -0.3 is 10.2 Å². The molecule has 0 aliphatic heterocycles. The number of aliphatic carboxylic acids is 1. The SMILES string of the molecule is C=C1[C@@H]2CC[C@@H]3[C@]4(C)CCC[C@@](C)(C(=O)O)[C@@H]4CC[C@]3(C2)[C@@H]1O. The van der Waals surface area contributed by atoms with E-state index in [4.69, 9.17) is 0 Å². The zero-order valence-electron chi connectivity index (χ0n) is 14.5. The number of fused-ring (bicyclic) bond motifs is 3. The summed E-state index contributed by atoms with van der Waals surface area (Å²) in [5.41, 5.74) is 0.514. The summed E-state index contributed by atoms with van der Waals surface area (Å²) in [7, 11) is 0. The van der Waals surface area contributed by atoms with Gasteiger partial charge in [0.25, 0.3) is 0 Å². The number of carboxylic acids is 1. The van der Waals surface area contributed by atoms with E-state index in [1.54, 1.807) is 0 Å². The molecule has 4 fully saturated rings. The summed E-state index contributed by atoms with van der Waals surface area (Å²) in [6.07, 6.45) is 7.86. The highest BCUT2D eigenvalue weighted by molar-refractivity contribution is 5.75. The van der Waals surface area contributed by atoms with Crippen molar-refractivity contribution in [3.05, 3.63) is 12.2 Å². The highest BCUT2D eigenvalue weighted by Gasteiger charge is 2.67. The molecule has 23 heavy (non-hydrogen) atoms. The molecule has 2 bridgehead atoms. The molecule has 0 aromatic rings. The lowest BCUT2D eigenvalue weighted by atomic mass is 9.40. The molecule has 7 atom stereocenters. The van der Waals surface area contributed by atoms with Crippen molar-refractivity contribution >= 4 is 5.97 Å². The molecular weight excluding hydrogens is 288 g/mol. The van der Waals surface area contributed by atoms with Crippen molar-refractivity contribution in [2.75, 3.05) is 0 Å². The summed E-state index contributed by atoms with van der Waals surface area (Å²) in [6, 6.07) is 0. The summed E-state index contributed by atoms with van der Waals surface area (Å²) < 4.78 is 0. The van der Waals surface area contributed by atoms with Crippen molar-refractivity contribution in [1.82, 2.24) is 0 Å². The van der Waals surface area contributed by atoms with Crippen molar-refractivity contribution in [3.63, 3.8) is 0 Å². The van der Waals surface area contributed by atoms with Gasteiger partial charge in [-0.2, -0.15) is 0 Å². The molecule has 0 amide bonds. The standard InChI is InChI=1S/C20H30O3/c1-12-13-5-6-15-18(2)8-4-9-19(3,17(22)23)14(18)7-10-20(15,11-13)16(12)21/h13-16,21H,1,4-11H2,2-3H3,(H,22,23)/t13-,14-,15-,16-,18-,19-,20-/m1/s1. The Morgan fingerprint density at radius 2 is 1.87 bits per heavy atom. The Morgan fingerprint density at radius 3 is 2.57 bits per heavy atom. The molecule has 0 aromatic carbocycles. The van der Waals surface area contributed by atoms with Crippen LogP contribution in [0.3, 0.4) is 0 Å². The van der Waals surface area contributed by atoms with Gasteiger partial charge in [-0.05, 0) is 80.6 Å². The molecule has 4 saturated carbocycles. The summed E-state index contributed by atoms with van der Waals surface area (Å²) in [4.78, 5) is 12.0. The van der Waals surface area contributed by atoms with E-state index >= 15 is 0 Å². The topological polar surface area (TPSA) is 57.5 Å². The van der Waals surface area contributed by atoms with E-state index in [9.17, 15) is 15.0 Å². The van der Waals surface area contributed by atoms with Gasteiger partial charge in [-0.25, -0.2) is 0 Å². The maximum atomic E-state index is 12.0. The third-order valence-corrected chi connectivity index (χ3v) is 8.70. The van der Waals surface area contributed by atoms with E-state index in [1.807, 2.05) is 6.92 Å². The summed E-state index contributed by atoms with van der Waals surface area (Å²) >= 11 is 0. The maximum Gasteiger partial charge on any atom is 0.309 e. The van der Waals surface area contributed by atoms with Crippen molar-refractivity contribution in [2.24, 2.45) is 34.0 Å². The normalized spacial score (nSPS) is 55.2. The molecule has 0 aromatic heterocycles. The molecule has 2 N–H and O–H groups in total. The first kappa shape index (κ1) is 15.7.